The number of halogens is 2. The molecule has 1 rings (SSSR count). The maximum atomic E-state index is 13.7. The summed E-state index contributed by atoms with van der Waals surface area (Å²) >= 11 is 5.95. The number of imide groups is 1. The number of likely N-dealkylation sites (N-methyl/N-ethyl adjacent to an activating group) is 1. The van der Waals surface area contributed by atoms with Gasteiger partial charge in [-0.1, -0.05) is 17.7 Å². The fourth-order valence-electron chi connectivity index (χ4n) is 1.64. The van der Waals surface area contributed by atoms with Crippen molar-refractivity contribution < 1.29 is 18.9 Å². The lowest BCUT2D eigenvalue weighted by Crippen LogP contribution is -3.12. The average Bonchev–Trinajstić information content (AvgIpc) is 2.41. The van der Waals surface area contributed by atoms with Crippen LogP contribution in [0.3, 0.4) is 0 Å². The van der Waals surface area contributed by atoms with Crippen LogP contribution in [0.5, 0.6) is 0 Å². The molecule has 0 fully saturated rings. The van der Waals surface area contributed by atoms with E-state index in [9.17, 15) is 14.0 Å². The minimum atomic E-state index is -0.571. The fraction of sp³-hybridized carbons (Fsp3) is 0.385. The molecule has 1 unspecified atom stereocenters. The summed E-state index contributed by atoms with van der Waals surface area (Å²) in [4.78, 5) is 23.6. The first-order valence-electron chi connectivity index (χ1n) is 6.14. The SMILES string of the molecule is CNC(=O)NC(=O)[C@H](C)[NH+](C)Cc1c(F)cccc1Cl. The Balaban J connectivity index is 2.73. The molecular formula is C13H18ClFN3O2+. The summed E-state index contributed by atoms with van der Waals surface area (Å²) in [6, 6.07) is 3.35. The Morgan fingerprint density at radius 3 is 2.65 bits per heavy atom. The predicted octanol–water partition coefficient (Wildman–Crippen LogP) is 0.338. The van der Waals surface area contributed by atoms with Gasteiger partial charge in [0.2, 0.25) is 0 Å². The first kappa shape index (κ1) is 16.4. The normalized spacial score (nSPS) is 13.4. The molecule has 0 aliphatic rings. The lowest BCUT2D eigenvalue weighted by Gasteiger charge is -2.21. The van der Waals surface area contributed by atoms with Crippen LogP contribution in [0.15, 0.2) is 18.2 Å². The molecule has 0 aromatic heterocycles. The summed E-state index contributed by atoms with van der Waals surface area (Å²) in [7, 11) is 3.15. The van der Waals surface area contributed by atoms with Gasteiger partial charge in [-0.2, -0.15) is 0 Å². The van der Waals surface area contributed by atoms with Gasteiger partial charge in [-0.25, -0.2) is 9.18 Å². The van der Waals surface area contributed by atoms with Crippen molar-refractivity contribution in [2.24, 2.45) is 0 Å². The summed E-state index contributed by atoms with van der Waals surface area (Å²) in [6.07, 6.45) is 0. The second kappa shape index (κ2) is 7.21. The largest absolute Gasteiger partial charge is 0.341 e. The molecule has 0 radical (unpaired) electrons. The van der Waals surface area contributed by atoms with Gasteiger partial charge in [-0.15, -0.1) is 0 Å². The van der Waals surface area contributed by atoms with Crippen LogP contribution in [0.25, 0.3) is 0 Å². The summed E-state index contributed by atoms with van der Waals surface area (Å²) in [5, 5.41) is 4.81. The minimum Gasteiger partial charge on any atom is -0.341 e. The molecule has 5 nitrogen and oxygen atoms in total. The number of rotatable bonds is 4. The highest BCUT2D eigenvalue weighted by Crippen LogP contribution is 2.17. The molecule has 20 heavy (non-hydrogen) atoms. The molecule has 0 saturated heterocycles. The van der Waals surface area contributed by atoms with Crippen molar-refractivity contribution in [1.82, 2.24) is 10.6 Å². The number of hydrogen-bond donors (Lipinski definition) is 3. The number of nitrogens with one attached hydrogen (secondary N) is 3. The fourth-order valence-corrected chi connectivity index (χ4v) is 1.87. The zero-order valence-electron chi connectivity index (χ0n) is 11.6. The molecule has 0 aliphatic heterocycles. The molecule has 0 aliphatic carbocycles. The zero-order valence-corrected chi connectivity index (χ0v) is 12.3. The molecular weight excluding hydrogens is 285 g/mol. The summed E-state index contributed by atoms with van der Waals surface area (Å²) in [5.74, 6) is -0.843. The second-order valence-electron chi connectivity index (χ2n) is 4.51. The van der Waals surface area contributed by atoms with E-state index in [1.165, 1.54) is 19.2 Å². The quantitative estimate of drug-likeness (QED) is 0.751. The van der Waals surface area contributed by atoms with Crippen LogP contribution in [0.1, 0.15) is 12.5 Å². The van der Waals surface area contributed by atoms with Crippen LogP contribution in [0.2, 0.25) is 5.02 Å². The molecule has 1 aromatic rings. The molecule has 1 aromatic carbocycles. The van der Waals surface area contributed by atoms with Crippen molar-refractivity contribution in [2.75, 3.05) is 14.1 Å². The van der Waals surface area contributed by atoms with Gasteiger partial charge in [0.15, 0.2) is 6.04 Å². The maximum absolute atomic E-state index is 13.7. The number of benzene rings is 1. The van der Waals surface area contributed by atoms with Crippen molar-refractivity contribution >= 4 is 23.5 Å². The Morgan fingerprint density at radius 1 is 1.45 bits per heavy atom. The first-order valence-corrected chi connectivity index (χ1v) is 6.52. The molecule has 7 heteroatoms. The van der Waals surface area contributed by atoms with E-state index in [0.717, 1.165) is 4.90 Å². The standard InChI is InChI=1S/C13H17ClFN3O2/c1-8(12(19)17-13(20)16-2)18(3)7-9-10(14)5-4-6-11(9)15/h4-6,8H,7H2,1-3H3,(H2,16,17,19,20)/p+1/t8-/m0/s1. The average molecular weight is 303 g/mol. The van der Waals surface area contributed by atoms with E-state index in [4.69, 9.17) is 11.6 Å². The molecule has 0 saturated carbocycles. The Hall–Kier alpha value is -1.66. The summed E-state index contributed by atoms with van der Waals surface area (Å²) < 4.78 is 13.7. The van der Waals surface area contributed by atoms with Gasteiger partial charge in [-0.3, -0.25) is 10.1 Å². The van der Waals surface area contributed by atoms with E-state index in [1.807, 2.05) is 0 Å². The third kappa shape index (κ3) is 4.18. The van der Waals surface area contributed by atoms with Gasteiger partial charge < -0.3 is 10.2 Å². The lowest BCUT2D eigenvalue weighted by molar-refractivity contribution is -0.908. The highest BCUT2D eigenvalue weighted by Gasteiger charge is 2.25. The van der Waals surface area contributed by atoms with E-state index in [1.54, 1.807) is 20.0 Å². The summed E-state index contributed by atoms with van der Waals surface area (Å²) in [6.45, 7) is 1.90. The Morgan fingerprint density at radius 2 is 2.10 bits per heavy atom. The molecule has 0 heterocycles. The second-order valence-corrected chi connectivity index (χ2v) is 4.92. The number of carbonyl (C=O) groups excluding carboxylic acids is 2. The Labute approximate surface area is 122 Å². The Kier molecular flexibility index (Phi) is 5.91. The molecule has 0 spiro atoms. The van der Waals surface area contributed by atoms with E-state index in [-0.39, 0.29) is 6.54 Å². The van der Waals surface area contributed by atoms with Crippen LogP contribution in [-0.4, -0.2) is 32.1 Å². The lowest BCUT2D eigenvalue weighted by atomic mass is 10.1. The number of urea groups is 1. The molecule has 2 atom stereocenters. The number of amides is 3. The Bertz CT molecular complexity index is 490. The van der Waals surface area contributed by atoms with Crippen molar-refractivity contribution in [1.29, 1.82) is 0 Å². The minimum absolute atomic E-state index is 0.244. The van der Waals surface area contributed by atoms with Gasteiger partial charge >= 0.3 is 6.03 Å². The monoisotopic (exact) mass is 302 g/mol. The van der Waals surface area contributed by atoms with Gasteiger partial charge in [0.05, 0.1) is 17.6 Å². The molecule has 3 N–H and O–H groups in total. The molecule has 0 bridgehead atoms. The van der Waals surface area contributed by atoms with Gasteiger partial charge in [0.1, 0.15) is 12.4 Å². The van der Waals surface area contributed by atoms with Gasteiger partial charge in [0.25, 0.3) is 5.91 Å². The van der Waals surface area contributed by atoms with Crippen LogP contribution in [0, 0.1) is 5.82 Å². The summed E-state index contributed by atoms with van der Waals surface area (Å²) in [5.41, 5.74) is 0.353. The van der Waals surface area contributed by atoms with Crippen molar-refractivity contribution in [3.05, 3.63) is 34.6 Å². The van der Waals surface area contributed by atoms with Crippen LogP contribution >= 0.6 is 11.6 Å². The van der Waals surface area contributed by atoms with E-state index in [2.05, 4.69) is 10.6 Å². The van der Waals surface area contributed by atoms with E-state index in [0.29, 0.717) is 10.6 Å². The topological polar surface area (TPSA) is 62.6 Å². The molecule has 3 amide bonds. The van der Waals surface area contributed by atoms with Crippen molar-refractivity contribution in [3.63, 3.8) is 0 Å². The van der Waals surface area contributed by atoms with Crippen LogP contribution in [0.4, 0.5) is 9.18 Å². The third-order valence-electron chi connectivity index (χ3n) is 3.11. The predicted molar refractivity (Wildman–Crippen MR) is 74.1 cm³/mol. The van der Waals surface area contributed by atoms with E-state index < -0.39 is 23.8 Å². The maximum Gasteiger partial charge on any atom is 0.321 e. The zero-order chi connectivity index (χ0) is 15.3. The van der Waals surface area contributed by atoms with Crippen LogP contribution < -0.4 is 15.5 Å². The number of quaternary nitrogens is 1. The van der Waals surface area contributed by atoms with E-state index >= 15 is 0 Å². The third-order valence-corrected chi connectivity index (χ3v) is 3.47. The number of hydrogen-bond acceptors (Lipinski definition) is 2. The van der Waals surface area contributed by atoms with Crippen molar-refractivity contribution in [3.8, 4) is 0 Å². The van der Waals surface area contributed by atoms with Crippen LogP contribution in [-0.2, 0) is 11.3 Å². The number of carbonyl (C=O) groups is 2. The van der Waals surface area contributed by atoms with Gasteiger partial charge in [0, 0.05) is 7.05 Å². The van der Waals surface area contributed by atoms with Crippen molar-refractivity contribution in [2.45, 2.75) is 19.5 Å². The molecule has 110 valence electrons. The smallest absolute Gasteiger partial charge is 0.321 e. The highest BCUT2D eigenvalue weighted by atomic mass is 35.5. The van der Waals surface area contributed by atoms with Gasteiger partial charge in [-0.05, 0) is 19.1 Å². The first-order chi connectivity index (χ1) is 9.36. The highest BCUT2D eigenvalue weighted by molar-refractivity contribution is 6.31.